The molecule has 0 aliphatic rings. The summed E-state index contributed by atoms with van der Waals surface area (Å²) in [5, 5.41) is 1.07. The summed E-state index contributed by atoms with van der Waals surface area (Å²) in [6, 6.07) is 15.9. The summed E-state index contributed by atoms with van der Waals surface area (Å²) in [4.78, 5) is 4.88. The van der Waals surface area contributed by atoms with E-state index in [9.17, 15) is 0 Å². The lowest BCUT2D eigenvalue weighted by Crippen LogP contribution is -2.17. The minimum atomic E-state index is -0.0860. The largest absolute Gasteiger partial charge is 0.329 e. The van der Waals surface area contributed by atoms with Crippen molar-refractivity contribution in [1.29, 1.82) is 0 Å². The molecule has 5 heteroatoms. The Kier molecular flexibility index (Phi) is 7.55. The van der Waals surface area contributed by atoms with E-state index in [1.54, 1.807) is 6.07 Å². The van der Waals surface area contributed by atoms with Gasteiger partial charge in [-0.1, -0.05) is 92.2 Å². The zero-order valence-electron chi connectivity index (χ0n) is 16.2. The summed E-state index contributed by atoms with van der Waals surface area (Å²) in [6.07, 6.45) is 7.80. The summed E-state index contributed by atoms with van der Waals surface area (Å²) in [5.41, 5.74) is 9.58. The van der Waals surface area contributed by atoms with Crippen LogP contribution in [0.25, 0.3) is 11.3 Å². The van der Waals surface area contributed by atoms with Crippen molar-refractivity contribution >= 4 is 23.2 Å². The van der Waals surface area contributed by atoms with Crippen LogP contribution in [0.1, 0.15) is 56.5 Å². The van der Waals surface area contributed by atoms with Crippen LogP contribution in [0.3, 0.4) is 0 Å². The number of unbranched alkanes of at least 4 members (excludes halogenated alkanes) is 3. The van der Waals surface area contributed by atoms with Gasteiger partial charge in [-0.3, -0.25) is 0 Å². The molecule has 148 valence electrons. The lowest BCUT2D eigenvalue weighted by atomic mass is 10.1. The first-order chi connectivity index (χ1) is 13.6. The van der Waals surface area contributed by atoms with Gasteiger partial charge in [0, 0.05) is 18.3 Å². The predicted molar refractivity (Wildman–Crippen MR) is 119 cm³/mol. The number of rotatable bonds is 9. The molecule has 0 spiro atoms. The fraction of sp³-hybridized carbons (Fsp3) is 0.348. The molecule has 3 nitrogen and oxygen atoms in total. The average Bonchev–Trinajstić information content (AvgIpc) is 3.12. The van der Waals surface area contributed by atoms with Gasteiger partial charge >= 0.3 is 0 Å². The standard InChI is InChI=1S/C23H27Cl2N3/c1-2-3-4-8-11-21(26)23-27-22(18-12-13-19(24)20(25)14-18)16-28(23)15-17-9-6-5-7-10-17/h5-7,9-10,12-14,16,21H,2-4,8,11,15,26H2,1H3. The zero-order chi connectivity index (χ0) is 19.9. The third-order valence-electron chi connectivity index (χ3n) is 4.92. The lowest BCUT2D eigenvalue weighted by Gasteiger charge is -2.14. The molecule has 0 amide bonds. The maximum absolute atomic E-state index is 6.55. The van der Waals surface area contributed by atoms with Crippen molar-refractivity contribution in [2.24, 2.45) is 5.73 Å². The molecule has 0 bridgehead atoms. The third-order valence-corrected chi connectivity index (χ3v) is 5.66. The highest BCUT2D eigenvalue weighted by Gasteiger charge is 2.17. The molecule has 28 heavy (non-hydrogen) atoms. The van der Waals surface area contributed by atoms with Crippen LogP contribution in [0.15, 0.2) is 54.7 Å². The van der Waals surface area contributed by atoms with Crippen molar-refractivity contribution in [2.75, 3.05) is 0 Å². The van der Waals surface area contributed by atoms with Crippen LogP contribution in [0, 0.1) is 0 Å². The van der Waals surface area contributed by atoms with E-state index in [-0.39, 0.29) is 6.04 Å². The summed E-state index contributed by atoms with van der Waals surface area (Å²) in [7, 11) is 0. The number of hydrogen-bond donors (Lipinski definition) is 1. The monoisotopic (exact) mass is 415 g/mol. The molecule has 3 aromatic rings. The quantitative estimate of drug-likeness (QED) is 0.387. The molecule has 1 unspecified atom stereocenters. The van der Waals surface area contributed by atoms with E-state index in [0.29, 0.717) is 10.0 Å². The summed E-state index contributed by atoms with van der Waals surface area (Å²) < 4.78 is 2.16. The average molecular weight is 416 g/mol. The highest BCUT2D eigenvalue weighted by Crippen LogP contribution is 2.29. The van der Waals surface area contributed by atoms with E-state index in [4.69, 9.17) is 33.9 Å². The molecule has 0 fully saturated rings. The molecule has 0 saturated carbocycles. The van der Waals surface area contributed by atoms with Crippen LogP contribution in [0.5, 0.6) is 0 Å². The van der Waals surface area contributed by atoms with Gasteiger partial charge in [0.25, 0.3) is 0 Å². The maximum Gasteiger partial charge on any atom is 0.126 e. The van der Waals surface area contributed by atoms with Crippen molar-refractivity contribution in [3.05, 3.63) is 76.2 Å². The smallest absolute Gasteiger partial charge is 0.126 e. The van der Waals surface area contributed by atoms with Crippen molar-refractivity contribution in [1.82, 2.24) is 9.55 Å². The van der Waals surface area contributed by atoms with Crippen LogP contribution in [-0.4, -0.2) is 9.55 Å². The fourth-order valence-corrected chi connectivity index (χ4v) is 3.65. The van der Waals surface area contributed by atoms with E-state index in [2.05, 4.69) is 42.0 Å². The molecule has 2 N–H and O–H groups in total. The van der Waals surface area contributed by atoms with Gasteiger partial charge in [0.2, 0.25) is 0 Å². The summed E-state index contributed by atoms with van der Waals surface area (Å²) in [6.45, 7) is 2.96. The van der Waals surface area contributed by atoms with Crippen molar-refractivity contribution < 1.29 is 0 Å². The Balaban J connectivity index is 1.88. The minimum Gasteiger partial charge on any atom is -0.329 e. The number of nitrogens with two attached hydrogens (primary N) is 1. The first-order valence-electron chi connectivity index (χ1n) is 9.90. The minimum absolute atomic E-state index is 0.0860. The topological polar surface area (TPSA) is 43.8 Å². The van der Waals surface area contributed by atoms with Gasteiger partial charge in [0.15, 0.2) is 0 Å². The van der Waals surface area contributed by atoms with Crippen molar-refractivity contribution in [2.45, 2.75) is 51.6 Å². The Labute approximate surface area is 177 Å². The van der Waals surface area contributed by atoms with E-state index in [0.717, 1.165) is 36.5 Å². The normalized spacial score (nSPS) is 12.3. The van der Waals surface area contributed by atoms with E-state index in [1.807, 2.05) is 18.2 Å². The van der Waals surface area contributed by atoms with Gasteiger partial charge in [-0.15, -0.1) is 0 Å². The van der Waals surface area contributed by atoms with Gasteiger partial charge in [-0.05, 0) is 24.1 Å². The molecular weight excluding hydrogens is 389 g/mol. The van der Waals surface area contributed by atoms with E-state index >= 15 is 0 Å². The number of imidazole rings is 1. The summed E-state index contributed by atoms with van der Waals surface area (Å²) >= 11 is 12.3. The van der Waals surface area contributed by atoms with E-state index < -0.39 is 0 Å². The Bertz CT molecular complexity index is 890. The summed E-state index contributed by atoms with van der Waals surface area (Å²) in [5.74, 6) is 0.918. The molecule has 3 rings (SSSR count). The van der Waals surface area contributed by atoms with Crippen molar-refractivity contribution in [3.8, 4) is 11.3 Å². The van der Waals surface area contributed by atoms with Crippen LogP contribution >= 0.6 is 23.2 Å². The van der Waals surface area contributed by atoms with Gasteiger partial charge in [0.1, 0.15) is 5.82 Å². The molecule has 0 aliphatic carbocycles. The number of aromatic nitrogens is 2. The second-order valence-corrected chi connectivity index (χ2v) is 8.00. The lowest BCUT2D eigenvalue weighted by molar-refractivity contribution is 0.527. The Morgan fingerprint density at radius 2 is 1.79 bits per heavy atom. The number of halogens is 2. The van der Waals surface area contributed by atoms with Gasteiger partial charge in [0.05, 0.1) is 21.8 Å². The second-order valence-electron chi connectivity index (χ2n) is 7.18. The Hall–Kier alpha value is -1.81. The molecule has 0 radical (unpaired) electrons. The molecule has 0 saturated heterocycles. The zero-order valence-corrected chi connectivity index (χ0v) is 17.8. The van der Waals surface area contributed by atoms with Crippen LogP contribution in [-0.2, 0) is 6.54 Å². The van der Waals surface area contributed by atoms with Crippen LogP contribution < -0.4 is 5.73 Å². The highest BCUT2D eigenvalue weighted by atomic mass is 35.5. The third kappa shape index (κ3) is 5.38. The van der Waals surface area contributed by atoms with Crippen LogP contribution in [0.2, 0.25) is 10.0 Å². The van der Waals surface area contributed by atoms with Crippen molar-refractivity contribution in [3.63, 3.8) is 0 Å². The molecule has 0 aliphatic heterocycles. The van der Waals surface area contributed by atoms with Gasteiger partial charge in [-0.2, -0.15) is 0 Å². The fourth-order valence-electron chi connectivity index (χ4n) is 3.35. The Morgan fingerprint density at radius 3 is 2.50 bits per heavy atom. The van der Waals surface area contributed by atoms with Gasteiger partial charge < -0.3 is 10.3 Å². The number of nitrogens with zero attached hydrogens (tertiary/aromatic N) is 2. The molecule has 2 aromatic carbocycles. The molecule has 1 atom stereocenters. The predicted octanol–water partition coefficient (Wildman–Crippen LogP) is 6.88. The van der Waals surface area contributed by atoms with E-state index in [1.165, 1.54) is 24.8 Å². The highest BCUT2D eigenvalue weighted by molar-refractivity contribution is 6.42. The van der Waals surface area contributed by atoms with Gasteiger partial charge in [-0.25, -0.2) is 4.98 Å². The SMILES string of the molecule is CCCCCCC(N)c1nc(-c2ccc(Cl)c(Cl)c2)cn1Cc1ccccc1. The first-order valence-corrected chi connectivity index (χ1v) is 10.7. The maximum atomic E-state index is 6.55. The number of hydrogen-bond acceptors (Lipinski definition) is 2. The second kappa shape index (κ2) is 10.1. The van der Waals surface area contributed by atoms with Crippen LogP contribution in [0.4, 0.5) is 0 Å². The molecule has 1 heterocycles. The Morgan fingerprint density at radius 1 is 1.00 bits per heavy atom. The first kappa shape index (κ1) is 20.9. The molecular formula is C23H27Cl2N3. The number of benzene rings is 2. The molecule has 1 aromatic heterocycles.